The number of carbonyl (C=O) groups is 1. The van der Waals surface area contributed by atoms with Gasteiger partial charge >= 0.3 is 5.97 Å². The highest BCUT2D eigenvalue weighted by atomic mass is 16.4. The van der Waals surface area contributed by atoms with Crippen molar-refractivity contribution in [2.24, 2.45) is 5.92 Å². The molecule has 1 aromatic heterocycles. The number of aromatic nitrogens is 1. The van der Waals surface area contributed by atoms with Gasteiger partial charge in [0.15, 0.2) is 0 Å². The average molecular weight is 285 g/mol. The number of carboxylic acids is 1. The van der Waals surface area contributed by atoms with E-state index in [1.165, 1.54) is 44.1 Å². The minimum Gasteiger partial charge on any atom is -0.478 e. The molecule has 0 saturated heterocycles. The summed E-state index contributed by atoms with van der Waals surface area (Å²) in [6.45, 7) is 1.82. The van der Waals surface area contributed by atoms with E-state index in [1.54, 1.807) is 0 Å². The standard InChI is InChI=1S/C18H23NO2/c1-12-17(18(20)21)15-11-14(9-10-16(15)19-12)8-7-13-5-3-2-4-6-13/h9-11,13,19H,2-8H2,1H3,(H,20,21). The number of carboxylic acid groups (broad SMARTS) is 1. The minimum atomic E-state index is -0.844. The van der Waals surface area contributed by atoms with E-state index in [-0.39, 0.29) is 0 Å². The van der Waals surface area contributed by atoms with Crippen LogP contribution in [0.1, 0.15) is 60.1 Å². The third-order valence-corrected chi connectivity index (χ3v) is 4.83. The molecule has 3 nitrogen and oxygen atoms in total. The van der Waals surface area contributed by atoms with Gasteiger partial charge in [0.2, 0.25) is 0 Å². The Balaban J connectivity index is 1.79. The molecule has 1 saturated carbocycles. The molecule has 1 aliphatic rings. The van der Waals surface area contributed by atoms with Crippen LogP contribution in [0.2, 0.25) is 0 Å². The van der Waals surface area contributed by atoms with Gasteiger partial charge in [-0.05, 0) is 43.4 Å². The van der Waals surface area contributed by atoms with Crippen molar-refractivity contribution in [3.8, 4) is 0 Å². The van der Waals surface area contributed by atoms with Crippen molar-refractivity contribution in [1.82, 2.24) is 4.98 Å². The Labute approximate surface area is 125 Å². The molecule has 3 rings (SSSR count). The molecule has 112 valence electrons. The molecule has 0 aliphatic heterocycles. The average Bonchev–Trinajstić information content (AvgIpc) is 2.81. The first-order chi connectivity index (χ1) is 10.1. The molecule has 0 amide bonds. The lowest BCUT2D eigenvalue weighted by Crippen LogP contribution is -2.07. The number of H-pyrrole nitrogens is 1. The lowest BCUT2D eigenvalue weighted by molar-refractivity contribution is 0.0698. The van der Waals surface area contributed by atoms with E-state index < -0.39 is 5.97 Å². The summed E-state index contributed by atoms with van der Waals surface area (Å²) in [5, 5.41) is 10.2. The van der Waals surface area contributed by atoms with Gasteiger partial charge in [-0.3, -0.25) is 0 Å². The lowest BCUT2D eigenvalue weighted by Gasteiger charge is -2.21. The summed E-state index contributed by atoms with van der Waals surface area (Å²) in [5.41, 5.74) is 3.34. The molecule has 21 heavy (non-hydrogen) atoms. The molecule has 3 heteroatoms. The predicted octanol–water partition coefficient (Wildman–Crippen LogP) is 4.69. The summed E-state index contributed by atoms with van der Waals surface area (Å²) in [7, 11) is 0. The summed E-state index contributed by atoms with van der Waals surface area (Å²) in [5.74, 6) is 0.0181. The SMILES string of the molecule is Cc1[nH]c2ccc(CCC3CCCCC3)cc2c1C(=O)O. The van der Waals surface area contributed by atoms with Crippen molar-refractivity contribution in [2.45, 2.75) is 51.9 Å². The van der Waals surface area contributed by atoms with Crippen molar-refractivity contribution in [3.05, 3.63) is 35.0 Å². The number of fused-ring (bicyclic) bond motifs is 1. The van der Waals surface area contributed by atoms with E-state index in [0.717, 1.165) is 28.9 Å². The number of aromatic carboxylic acids is 1. The maximum Gasteiger partial charge on any atom is 0.338 e. The molecule has 0 spiro atoms. The van der Waals surface area contributed by atoms with Gasteiger partial charge in [0, 0.05) is 16.6 Å². The van der Waals surface area contributed by atoms with Crippen LogP contribution in [0.3, 0.4) is 0 Å². The van der Waals surface area contributed by atoms with Gasteiger partial charge in [-0.25, -0.2) is 4.79 Å². The molecule has 0 atom stereocenters. The zero-order chi connectivity index (χ0) is 14.8. The second kappa shape index (κ2) is 5.92. The predicted molar refractivity (Wildman–Crippen MR) is 84.9 cm³/mol. The van der Waals surface area contributed by atoms with Crippen LogP contribution in [0.25, 0.3) is 10.9 Å². The molecule has 2 N–H and O–H groups in total. The van der Waals surface area contributed by atoms with Crippen LogP contribution in [0.5, 0.6) is 0 Å². The van der Waals surface area contributed by atoms with Crippen LogP contribution >= 0.6 is 0 Å². The molecule has 0 radical (unpaired) electrons. The van der Waals surface area contributed by atoms with Gasteiger partial charge in [-0.2, -0.15) is 0 Å². The number of hydrogen-bond donors (Lipinski definition) is 2. The Morgan fingerprint density at radius 1 is 1.29 bits per heavy atom. The van der Waals surface area contributed by atoms with Gasteiger partial charge < -0.3 is 10.1 Å². The molecule has 1 aliphatic carbocycles. The van der Waals surface area contributed by atoms with Gasteiger partial charge in [0.25, 0.3) is 0 Å². The highest BCUT2D eigenvalue weighted by Gasteiger charge is 2.16. The number of benzene rings is 1. The van der Waals surface area contributed by atoms with Gasteiger partial charge in [-0.1, -0.05) is 38.2 Å². The van der Waals surface area contributed by atoms with Gasteiger partial charge in [0.05, 0.1) is 5.56 Å². The number of hydrogen-bond acceptors (Lipinski definition) is 1. The van der Waals surface area contributed by atoms with E-state index in [9.17, 15) is 9.90 Å². The van der Waals surface area contributed by atoms with Crippen LogP contribution in [-0.2, 0) is 6.42 Å². The summed E-state index contributed by atoms with van der Waals surface area (Å²) in [4.78, 5) is 14.6. The van der Waals surface area contributed by atoms with Crippen molar-refractivity contribution < 1.29 is 9.90 Å². The highest BCUT2D eigenvalue weighted by molar-refractivity contribution is 6.04. The second-order valence-electron chi connectivity index (χ2n) is 6.35. The monoisotopic (exact) mass is 285 g/mol. The second-order valence-corrected chi connectivity index (χ2v) is 6.35. The van der Waals surface area contributed by atoms with Gasteiger partial charge in [-0.15, -0.1) is 0 Å². The number of rotatable bonds is 4. The summed E-state index contributed by atoms with van der Waals surface area (Å²) >= 11 is 0. The van der Waals surface area contributed by atoms with Crippen molar-refractivity contribution in [3.63, 3.8) is 0 Å². The topological polar surface area (TPSA) is 53.1 Å². The molecular formula is C18H23NO2. The van der Waals surface area contributed by atoms with E-state index in [1.807, 2.05) is 13.0 Å². The van der Waals surface area contributed by atoms with Crippen LogP contribution in [-0.4, -0.2) is 16.1 Å². The largest absolute Gasteiger partial charge is 0.478 e. The Hall–Kier alpha value is -1.77. The number of aromatic amines is 1. The van der Waals surface area contributed by atoms with Gasteiger partial charge in [0.1, 0.15) is 0 Å². The van der Waals surface area contributed by atoms with E-state index in [0.29, 0.717) is 5.56 Å². The van der Waals surface area contributed by atoms with E-state index in [2.05, 4.69) is 17.1 Å². The molecule has 2 aromatic rings. The maximum atomic E-state index is 11.4. The Bertz CT molecular complexity index is 651. The Morgan fingerprint density at radius 3 is 2.76 bits per heavy atom. The first kappa shape index (κ1) is 14.2. The Kier molecular flexibility index (Phi) is 4.00. The van der Waals surface area contributed by atoms with E-state index in [4.69, 9.17) is 0 Å². The van der Waals surface area contributed by atoms with Crippen LogP contribution in [0, 0.1) is 12.8 Å². The lowest BCUT2D eigenvalue weighted by atomic mass is 9.85. The third kappa shape index (κ3) is 2.97. The molecule has 1 aromatic carbocycles. The fourth-order valence-electron chi connectivity index (χ4n) is 3.65. The summed E-state index contributed by atoms with van der Waals surface area (Å²) in [6, 6.07) is 6.21. The third-order valence-electron chi connectivity index (χ3n) is 4.83. The summed E-state index contributed by atoms with van der Waals surface area (Å²) < 4.78 is 0. The van der Waals surface area contributed by atoms with Crippen molar-refractivity contribution >= 4 is 16.9 Å². The zero-order valence-corrected chi connectivity index (χ0v) is 12.6. The van der Waals surface area contributed by atoms with Crippen molar-refractivity contribution in [1.29, 1.82) is 0 Å². The Morgan fingerprint density at radius 2 is 2.05 bits per heavy atom. The minimum absolute atomic E-state index is 0.421. The molecular weight excluding hydrogens is 262 g/mol. The van der Waals surface area contributed by atoms with Crippen LogP contribution in [0.15, 0.2) is 18.2 Å². The molecule has 0 bridgehead atoms. The molecule has 1 fully saturated rings. The smallest absolute Gasteiger partial charge is 0.338 e. The fourth-order valence-corrected chi connectivity index (χ4v) is 3.65. The maximum absolute atomic E-state index is 11.4. The van der Waals surface area contributed by atoms with Crippen LogP contribution < -0.4 is 0 Å². The fraction of sp³-hybridized carbons (Fsp3) is 0.500. The summed E-state index contributed by atoms with van der Waals surface area (Å²) in [6.07, 6.45) is 9.18. The molecule has 1 heterocycles. The van der Waals surface area contributed by atoms with Crippen molar-refractivity contribution in [2.75, 3.05) is 0 Å². The molecule has 0 unspecified atom stereocenters. The first-order valence-corrected chi connectivity index (χ1v) is 7.99. The number of aryl methyl sites for hydroxylation is 2. The number of nitrogens with one attached hydrogen (secondary N) is 1. The highest BCUT2D eigenvalue weighted by Crippen LogP contribution is 2.29. The van der Waals surface area contributed by atoms with Crippen LogP contribution in [0.4, 0.5) is 0 Å². The quantitative estimate of drug-likeness (QED) is 0.856. The first-order valence-electron chi connectivity index (χ1n) is 7.99. The zero-order valence-electron chi connectivity index (χ0n) is 12.6. The normalized spacial score (nSPS) is 16.4. The van der Waals surface area contributed by atoms with E-state index >= 15 is 0 Å².